The van der Waals surface area contributed by atoms with Gasteiger partial charge in [0.15, 0.2) is 5.69 Å². The van der Waals surface area contributed by atoms with Crippen molar-refractivity contribution in [2.24, 2.45) is 0 Å². The minimum absolute atomic E-state index is 0.000758. The first-order chi connectivity index (χ1) is 12.2. The topological polar surface area (TPSA) is 72.6 Å². The van der Waals surface area contributed by atoms with Gasteiger partial charge in [-0.3, -0.25) is 4.79 Å². The Kier molecular flexibility index (Phi) is 7.19. The molecular weight excluding hydrogens is 320 g/mol. The lowest BCUT2D eigenvalue weighted by molar-refractivity contribution is 0.0514. The molecule has 2 aromatic rings. The molecule has 0 N–H and O–H groups in total. The summed E-state index contributed by atoms with van der Waals surface area (Å²) in [6, 6.07) is 10.8. The third-order valence-corrected chi connectivity index (χ3v) is 3.76. The van der Waals surface area contributed by atoms with Crippen molar-refractivity contribution in [1.82, 2.24) is 10.1 Å². The molecule has 1 heterocycles. The van der Waals surface area contributed by atoms with E-state index in [1.165, 1.54) is 0 Å². The Bertz CT molecular complexity index is 682. The van der Waals surface area contributed by atoms with E-state index >= 15 is 0 Å². The molecule has 0 aliphatic carbocycles. The summed E-state index contributed by atoms with van der Waals surface area (Å²) in [5.41, 5.74) is 0.828. The van der Waals surface area contributed by atoms with Crippen molar-refractivity contribution in [3.05, 3.63) is 53.4 Å². The fourth-order valence-electron chi connectivity index (χ4n) is 2.40. The van der Waals surface area contributed by atoms with Crippen LogP contribution >= 0.6 is 0 Å². The summed E-state index contributed by atoms with van der Waals surface area (Å²) < 4.78 is 10.1. The van der Waals surface area contributed by atoms with E-state index in [2.05, 4.69) is 12.1 Å². The van der Waals surface area contributed by atoms with Gasteiger partial charge < -0.3 is 14.2 Å². The monoisotopic (exact) mass is 344 g/mol. The Morgan fingerprint density at radius 1 is 1.16 bits per heavy atom. The number of hydrogen-bond donors (Lipinski definition) is 0. The lowest BCUT2D eigenvalue weighted by Crippen LogP contribution is -2.33. The average Bonchev–Trinajstić information content (AvgIpc) is 3.11. The van der Waals surface area contributed by atoms with Gasteiger partial charge in [-0.25, -0.2) is 4.79 Å². The smallest absolute Gasteiger partial charge is 0.360 e. The summed E-state index contributed by atoms with van der Waals surface area (Å²) in [5.74, 6) is 0.0605. The standard InChI is InChI=1S/C19H24N2O4/c1-3-5-12-21(18(22)15-9-7-6-8-10-15)13-11-16-14-17(20-25-16)19(23)24-4-2/h6-10,14H,3-5,11-13H2,1-2H3. The summed E-state index contributed by atoms with van der Waals surface area (Å²) in [7, 11) is 0. The van der Waals surface area contributed by atoms with Crippen LogP contribution in [0.15, 0.2) is 40.9 Å². The summed E-state index contributed by atoms with van der Waals surface area (Å²) >= 11 is 0. The maximum absolute atomic E-state index is 12.7. The second-order valence-electron chi connectivity index (χ2n) is 5.66. The van der Waals surface area contributed by atoms with Gasteiger partial charge in [-0.15, -0.1) is 0 Å². The van der Waals surface area contributed by atoms with Gasteiger partial charge in [0.1, 0.15) is 5.76 Å². The van der Waals surface area contributed by atoms with Crippen molar-refractivity contribution in [3.8, 4) is 0 Å². The highest BCUT2D eigenvalue weighted by Crippen LogP contribution is 2.10. The molecular formula is C19H24N2O4. The normalized spacial score (nSPS) is 10.5. The van der Waals surface area contributed by atoms with Crippen molar-refractivity contribution < 1.29 is 18.8 Å². The Hall–Kier alpha value is -2.63. The number of esters is 1. The van der Waals surface area contributed by atoms with E-state index in [4.69, 9.17) is 9.26 Å². The third kappa shape index (κ3) is 5.45. The molecule has 1 aromatic heterocycles. The van der Waals surface area contributed by atoms with E-state index < -0.39 is 5.97 Å². The van der Waals surface area contributed by atoms with Crippen LogP contribution < -0.4 is 0 Å². The van der Waals surface area contributed by atoms with E-state index in [1.807, 2.05) is 35.2 Å². The van der Waals surface area contributed by atoms with E-state index in [0.29, 0.717) is 30.8 Å². The lowest BCUT2D eigenvalue weighted by atomic mass is 10.1. The number of hydrogen-bond acceptors (Lipinski definition) is 5. The van der Waals surface area contributed by atoms with Gasteiger partial charge >= 0.3 is 5.97 Å². The van der Waals surface area contributed by atoms with Crippen molar-refractivity contribution in [2.45, 2.75) is 33.1 Å². The average molecular weight is 344 g/mol. The zero-order chi connectivity index (χ0) is 18.1. The molecule has 1 aromatic carbocycles. The third-order valence-electron chi connectivity index (χ3n) is 3.76. The fraction of sp³-hybridized carbons (Fsp3) is 0.421. The van der Waals surface area contributed by atoms with Crippen LogP contribution in [0.5, 0.6) is 0 Å². The summed E-state index contributed by atoms with van der Waals surface area (Å²) in [6.45, 7) is 5.30. The van der Waals surface area contributed by atoms with Gasteiger partial charge in [-0.05, 0) is 25.5 Å². The van der Waals surface area contributed by atoms with Crippen LogP contribution in [0, 0.1) is 0 Å². The number of benzene rings is 1. The molecule has 0 aliphatic rings. The van der Waals surface area contributed by atoms with E-state index in [-0.39, 0.29) is 18.2 Å². The van der Waals surface area contributed by atoms with Crippen LogP contribution in [0.4, 0.5) is 0 Å². The molecule has 0 fully saturated rings. The highest BCUT2D eigenvalue weighted by atomic mass is 16.5. The van der Waals surface area contributed by atoms with E-state index in [0.717, 1.165) is 12.8 Å². The molecule has 0 saturated heterocycles. The number of carbonyl (C=O) groups excluding carboxylic acids is 2. The molecule has 0 bridgehead atoms. The predicted octanol–water partition coefficient (Wildman–Crippen LogP) is 3.34. The van der Waals surface area contributed by atoms with Gasteiger partial charge in [-0.2, -0.15) is 0 Å². The summed E-state index contributed by atoms with van der Waals surface area (Å²) in [5, 5.41) is 3.72. The molecule has 0 saturated carbocycles. The van der Waals surface area contributed by atoms with Crippen molar-refractivity contribution in [1.29, 1.82) is 0 Å². The second kappa shape index (κ2) is 9.61. The molecule has 6 nitrogen and oxygen atoms in total. The molecule has 2 rings (SSSR count). The highest BCUT2D eigenvalue weighted by molar-refractivity contribution is 5.94. The van der Waals surface area contributed by atoms with Gasteiger partial charge in [0.05, 0.1) is 6.61 Å². The van der Waals surface area contributed by atoms with Crippen molar-refractivity contribution in [3.63, 3.8) is 0 Å². The Labute approximate surface area is 147 Å². The first-order valence-electron chi connectivity index (χ1n) is 8.62. The molecule has 0 aliphatic heterocycles. The zero-order valence-electron chi connectivity index (χ0n) is 14.7. The van der Waals surface area contributed by atoms with Crippen molar-refractivity contribution in [2.75, 3.05) is 19.7 Å². The first-order valence-corrected chi connectivity index (χ1v) is 8.62. The zero-order valence-corrected chi connectivity index (χ0v) is 14.7. The fourth-order valence-corrected chi connectivity index (χ4v) is 2.40. The summed E-state index contributed by atoms with van der Waals surface area (Å²) in [4.78, 5) is 26.1. The SMILES string of the molecule is CCCCN(CCc1cc(C(=O)OCC)no1)C(=O)c1ccccc1. The van der Waals surface area contributed by atoms with Gasteiger partial charge in [0.25, 0.3) is 5.91 Å². The van der Waals surface area contributed by atoms with Crippen molar-refractivity contribution >= 4 is 11.9 Å². The number of ether oxygens (including phenoxy) is 1. The maximum Gasteiger partial charge on any atom is 0.360 e. The quantitative estimate of drug-likeness (QED) is 0.652. The van der Waals surface area contributed by atoms with Gasteiger partial charge in [-0.1, -0.05) is 36.7 Å². The second-order valence-corrected chi connectivity index (χ2v) is 5.66. The molecule has 134 valence electrons. The number of nitrogens with zero attached hydrogens (tertiary/aromatic N) is 2. The van der Waals surface area contributed by atoms with Crippen LogP contribution in [0.3, 0.4) is 0 Å². The van der Waals surface area contributed by atoms with Gasteiger partial charge in [0, 0.05) is 31.1 Å². The van der Waals surface area contributed by atoms with Crippen LogP contribution in [0.25, 0.3) is 0 Å². The number of unbranched alkanes of at least 4 members (excludes halogenated alkanes) is 1. The molecule has 0 atom stereocenters. The van der Waals surface area contributed by atoms with Crippen LogP contribution in [0.1, 0.15) is 53.3 Å². The van der Waals surface area contributed by atoms with Gasteiger partial charge in [0.2, 0.25) is 0 Å². The minimum Gasteiger partial charge on any atom is -0.461 e. The highest BCUT2D eigenvalue weighted by Gasteiger charge is 2.17. The van der Waals surface area contributed by atoms with E-state index in [1.54, 1.807) is 13.0 Å². The lowest BCUT2D eigenvalue weighted by Gasteiger charge is -2.22. The summed E-state index contributed by atoms with van der Waals surface area (Å²) in [6.07, 6.45) is 2.44. The molecule has 1 amide bonds. The molecule has 0 radical (unpaired) electrons. The van der Waals surface area contributed by atoms with E-state index in [9.17, 15) is 9.59 Å². The number of amides is 1. The van der Waals surface area contributed by atoms with Crippen LogP contribution in [0.2, 0.25) is 0 Å². The Balaban J connectivity index is 2.00. The molecule has 6 heteroatoms. The number of carbonyl (C=O) groups is 2. The van der Waals surface area contributed by atoms with Crippen LogP contribution in [-0.2, 0) is 11.2 Å². The molecule has 25 heavy (non-hydrogen) atoms. The Morgan fingerprint density at radius 3 is 2.60 bits per heavy atom. The molecule has 0 unspecified atom stereocenters. The maximum atomic E-state index is 12.7. The minimum atomic E-state index is -0.499. The largest absolute Gasteiger partial charge is 0.461 e. The molecule has 0 spiro atoms. The first kappa shape index (κ1) is 18.7. The Morgan fingerprint density at radius 2 is 1.92 bits per heavy atom. The number of aromatic nitrogens is 1. The predicted molar refractivity (Wildman–Crippen MR) is 93.4 cm³/mol. The van der Waals surface area contributed by atoms with Crippen LogP contribution in [-0.4, -0.2) is 41.6 Å². The number of rotatable bonds is 9.